The van der Waals surface area contributed by atoms with Crippen LogP contribution in [0.15, 0.2) is 60.7 Å². The number of benzene rings is 3. The minimum Gasteiger partial charge on any atom is -0.355 e. The lowest BCUT2D eigenvalue weighted by molar-refractivity contribution is -0.130. The summed E-state index contributed by atoms with van der Waals surface area (Å²) in [4.78, 5) is 40.2. The number of aryl methyl sites for hydroxylation is 2. The number of nitriles is 1. The molecule has 1 aliphatic carbocycles. The molecule has 47 heavy (non-hydrogen) atoms. The summed E-state index contributed by atoms with van der Waals surface area (Å²) in [6, 6.07) is 18.3. The number of hydrogen-bond donors (Lipinski definition) is 5. The number of rotatable bonds is 9. The molecule has 0 radical (unpaired) electrons. The van der Waals surface area contributed by atoms with Crippen LogP contribution in [0.1, 0.15) is 69.2 Å². The molecule has 3 aromatic carbocycles. The average molecular weight is 638 g/mol. The molecule has 11 heteroatoms. The van der Waals surface area contributed by atoms with E-state index in [1.807, 2.05) is 31.2 Å². The van der Waals surface area contributed by atoms with Crippen LogP contribution >= 0.6 is 0 Å². The Kier molecular flexibility index (Phi) is 10.0. The standard InChI is InChI=1S/C36H40FN7O3/c1-22(42-21-32(45)44-16-4-5-29(44)20-38)19-36(35(39)43-28-12-10-27(37)11-13-28)30-14-8-25(33(46)40-2)17-23(30)6-7-24-18-26(34(47)41-3)9-15-31(24)36/h8-15,17-18,22,29,42H,4-7,16,19,21H2,1-3H3,(H2,39,43)(H,40,46)(H,41,47)/t22-,29+/m1/s1. The number of amidine groups is 1. The van der Waals surface area contributed by atoms with E-state index in [1.165, 1.54) is 12.1 Å². The van der Waals surface area contributed by atoms with Gasteiger partial charge in [0.25, 0.3) is 11.8 Å². The molecule has 5 rings (SSSR count). The molecule has 10 nitrogen and oxygen atoms in total. The van der Waals surface area contributed by atoms with E-state index < -0.39 is 17.3 Å². The van der Waals surface area contributed by atoms with Gasteiger partial charge in [0, 0.05) is 43.5 Å². The zero-order valence-corrected chi connectivity index (χ0v) is 26.9. The number of nitrogens with one attached hydrogen (secondary N) is 5. The van der Waals surface area contributed by atoms with Crippen molar-refractivity contribution in [1.29, 1.82) is 10.7 Å². The Bertz CT molecular complexity index is 1670. The van der Waals surface area contributed by atoms with Crippen molar-refractivity contribution in [2.45, 2.75) is 56.5 Å². The van der Waals surface area contributed by atoms with Crippen LogP contribution in [-0.2, 0) is 23.1 Å². The van der Waals surface area contributed by atoms with Crippen molar-refractivity contribution in [2.75, 3.05) is 32.5 Å². The van der Waals surface area contributed by atoms with Gasteiger partial charge in [0.1, 0.15) is 17.7 Å². The van der Waals surface area contributed by atoms with E-state index in [0.717, 1.165) is 28.7 Å². The molecular weight excluding hydrogens is 597 g/mol. The molecule has 0 spiro atoms. The molecule has 0 saturated carbocycles. The molecule has 3 amide bonds. The summed E-state index contributed by atoms with van der Waals surface area (Å²) in [5, 5.41) is 31.2. The maximum atomic E-state index is 13.8. The monoisotopic (exact) mass is 637 g/mol. The topological polar surface area (TPSA) is 150 Å². The molecule has 0 aromatic heterocycles. The average Bonchev–Trinajstić information content (AvgIpc) is 3.53. The molecule has 0 unspecified atom stereocenters. The summed E-state index contributed by atoms with van der Waals surface area (Å²) in [6.07, 6.45) is 2.89. The zero-order chi connectivity index (χ0) is 33.7. The molecule has 244 valence electrons. The summed E-state index contributed by atoms with van der Waals surface area (Å²) < 4.78 is 13.8. The Morgan fingerprint density at radius 1 is 0.979 bits per heavy atom. The van der Waals surface area contributed by atoms with Gasteiger partial charge in [-0.2, -0.15) is 5.26 Å². The molecule has 2 atom stereocenters. The third kappa shape index (κ3) is 6.74. The molecular formula is C36H40FN7O3. The van der Waals surface area contributed by atoms with Crippen LogP contribution in [0.25, 0.3) is 0 Å². The van der Waals surface area contributed by atoms with Crippen molar-refractivity contribution >= 4 is 29.2 Å². The molecule has 5 N–H and O–H groups in total. The lowest BCUT2D eigenvalue weighted by Gasteiger charge is -2.39. The van der Waals surface area contributed by atoms with E-state index in [-0.39, 0.29) is 36.1 Å². The van der Waals surface area contributed by atoms with Gasteiger partial charge in [-0.1, -0.05) is 12.1 Å². The highest BCUT2D eigenvalue weighted by Crippen LogP contribution is 2.45. The largest absolute Gasteiger partial charge is 0.355 e. The van der Waals surface area contributed by atoms with Crippen molar-refractivity contribution in [3.05, 3.63) is 99.9 Å². The Labute approximate surface area is 274 Å². The molecule has 1 aliphatic heterocycles. The fourth-order valence-electron chi connectivity index (χ4n) is 6.89. The maximum Gasteiger partial charge on any atom is 0.251 e. The van der Waals surface area contributed by atoms with E-state index in [4.69, 9.17) is 0 Å². The summed E-state index contributed by atoms with van der Waals surface area (Å²) >= 11 is 0. The van der Waals surface area contributed by atoms with Crippen LogP contribution in [0.2, 0.25) is 0 Å². The quantitative estimate of drug-likeness (QED) is 0.177. The van der Waals surface area contributed by atoms with Gasteiger partial charge in [0.15, 0.2) is 0 Å². The smallest absolute Gasteiger partial charge is 0.251 e. The summed E-state index contributed by atoms with van der Waals surface area (Å²) in [5.41, 5.74) is 3.78. The summed E-state index contributed by atoms with van der Waals surface area (Å²) in [5.74, 6) is -0.885. The number of carbonyl (C=O) groups is 3. The molecule has 1 heterocycles. The summed E-state index contributed by atoms with van der Waals surface area (Å²) in [6.45, 7) is 2.53. The first-order valence-corrected chi connectivity index (χ1v) is 15.9. The number of fused-ring (bicyclic) bond motifs is 2. The third-order valence-corrected chi connectivity index (χ3v) is 9.25. The second-order valence-electron chi connectivity index (χ2n) is 12.2. The number of nitrogens with zero attached hydrogens (tertiary/aromatic N) is 2. The minimum absolute atomic E-state index is 0.0269. The lowest BCUT2D eigenvalue weighted by Crippen LogP contribution is -2.48. The van der Waals surface area contributed by atoms with Gasteiger partial charge in [-0.15, -0.1) is 0 Å². The Morgan fingerprint density at radius 3 is 2.09 bits per heavy atom. The van der Waals surface area contributed by atoms with Gasteiger partial charge in [-0.25, -0.2) is 4.39 Å². The first-order valence-electron chi connectivity index (χ1n) is 15.9. The third-order valence-electron chi connectivity index (χ3n) is 9.25. The number of likely N-dealkylation sites (tertiary alicyclic amines) is 1. The Morgan fingerprint density at radius 2 is 1.55 bits per heavy atom. The molecule has 3 aromatic rings. The zero-order valence-electron chi connectivity index (χ0n) is 26.9. The van der Waals surface area contributed by atoms with Crippen molar-refractivity contribution in [3.8, 4) is 6.07 Å². The van der Waals surface area contributed by atoms with Gasteiger partial charge in [0.05, 0.1) is 18.0 Å². The highest BCUT2D eigenvalue weighted by atomic mass is 19.1. The molecule has 1 saturated heterocycles. The Hall–Kier alpha value is -5.08. The highest BCUT2D eigenvalue weighted by Gasteiger charge is 2.45. The van der Waals surface area contributed by atoms with Crippen molar-refractivity contribution in [2.24, 2.45) is 0 Å². The maximum absolute atomic E-state index is 13.8. The van der Waals surface area contributed by atoms with E-state index >= 15 is 0 Å². The van der Waals surface area contributed by atoms with Crippen molar-refractivity contribution < 1.29 is 18.8 Å². The lowest BCUT2D eigenvalue weighted by atomic mass is 9.67. The van der Waals surface area contributed by atoms with Gasteiger partial charge in [-0.05, 0) is 110 Å². The van der Waals surface area contributed by atoms with Crippen molar-refractivity contribution in [1.82, 2.24) is 20.9 Å². The first kappa shape index (κ1) is 33.3. The van der Waals surface area contributed by atoms with Crippen LogP contribution in [0, 0.1) is 22.6 Å². The summed E-state index contributed by atoms with van der Waals surface area (Å²) in [7, 11) is 3.15. The van der Waals surface area contributed by atoms with E-state index in [1.54, 1.807) is 43.3 Å². The van der Waals surface area contributed by atoms with E-state index in [0.29, 0.717) is 49.0 Å². The molecule has 1 fully saturated rings. The second kappa shape index (κ2) is 14.1. The van der Waals surface area contributed by atoms with Gasteiger partial charge >= 0.3 is 0 Å². The highest BCUT2D eigenvalue weighted by molar-refractivity contribution is 6.05. The van der Waals surface area contributed by atoms with Crippen LogP contribution in [0.5, 0.6) is 0 Å². The molecule has 2 aliphatic rings. The number of amides is 3. The fourth-order valence-corrected chi connectivity index (χ4v) is 6.89. The SMILES string of the molecule is CNC(=O)c1ccc2c(c1)CCc1cc(C(=O)NC)ccc1C2(C[C@@H](C)NCC(=O)N1CCC[C@H]1C#N)C(=N)Nc1ccc(F)cc1. The van der Waals surface area contributed by atoms with Crippen LogP contribution < -0.4 is 21.3 Å². The van der Waals surface area contributed by atoms with Gasteiger partial charge < -0.3 is 26.2 Å². The van der Waals surface area contributed by atoms with Gasteiger partial charge in [0.2, 0.25) is 5.91 Å². The first-order chi connectivity index (χ1) is 22.6. The Balaban J connectivity index is 1.63. The van der Waals surface area contributed by atoms with E-state index in [2.05, 4.69) is 27.3 Å². The number of hydrogen-bond acceptors (Lipinski definition) is 6. The fraction of sp³-hybridized carbons (Fsp3) is 0.361. The van der Waals surface area contributed by atoms with Gasteiger partial charge in [-0.3, -0.25) is 19.8 Å². The number of anilines is 1. The second-order valence-corrected chi connectivity index (χ2v) is 12.2. The predicted octanol–water partition coefficient (Wildman–Crippen LogP) is 3.90. The predicted molar refractivity (Wildman–Crippen MR) is 178 cm³/mol. The van der Waals surface area contributed by atoms with Crippen LogP contribution in [0.3, 0.4) is 0 Å². The normalized spacial score (nSPS) is 16.9. The van der Waals surface area contributed by atoms with Crippen molar-refractivity contribution in [3.63, 3.8) is 0 Å². The molecule has 0 bridgehead atoms. The number of halogens is 1. The number of carbonyl (C=O) groups excluding carboxylic acids is 3. The van der Waals surface area contributed by atoms with Crippen LogP contribution in [-0.4, -0.2) is 67.7 Å². The van der Waals surface area contributed by atoms with E-state index in [9.17, 15) is 29.4 Å². The van der Waals surface area contributed by atoms with Crippen LogP contribution in [0.4, 0.5) is 10.1 Å². The minimum atomic E-state index is -1.13.